The van der Waals surface area contributed by atoms with Gasteiger partial charge in [0.05, 0.1) is 5.69 Å². The van der Waals surface area contributed by atoms with Crippen LogP contribution in [0.5, 0.6) is 0 Å². The van der Waals surface area contributed by atoms with Crippen LogP contribution in [0, 0.1) is 5.82 Å². The van der Waals surface area contributed by atoms with E-state index in [9.17, 15) is 14.3 Å². The summed E-state index contributed by atoms with van der Waals surface area (Å²) in [4.78, 5) is 14.5. The lowest BCUT2D eigenvalue weighted by molar-refractivity contribution is -0.125. The van der Waals surface area contributed by atoms with Crippen LogP contribution in [0.25, 0.3) is 0 Å². The van der Waals surface area contributed by atoms with Crippen LogP contribution >= 0.6 is 11.8 Å². The minimum absolute atomic E-state index is 0.275. The zero-order valence-electron chi connectivity index (χ0n) is 10.7. The zero-order chi connectivity index (χ0) is 14.3. The molecule has 0 saturated carbocycles. The molecular weight excluding hydrogens is 277 g/mol. The molecule has 1 N–H and O–H groups in total. The third kappa shape index (κ3) is 2.09. The first kappa shape index (κ1) is 13.1. The first-order valence-electron chi connectivity index (χ1n) is 6.10. The minimum atomic E-state index is -1.09. The Morgan fingerprint density at radius 2 is 2.00 bits per heavy atom. The quantitative estimate of drug-likeness (QED) is 0.924. The standard InChI is InChI=1S/C15H12FNO2S/c1-17-12-8-9(6-7-10(12)14(18)15(17)19)20-13-5-3-2-4-11(13)16/h2-8,14,18H,1H3. The summed E-state index contributed by atoms with van der Waals surface area (Å²) in [6, 6.07) is 11.8. The fourth-order valence-corrected chi connectivity index (χ4v) is 3.07. The van der Waals surface area contributed by atoms with Gasteiger partial charge in [-0.25, -0.2) is 4.39 Å². The second kappa shape index (κ2) is 4.92. The van der Waals surface area contributed by atoms with Gasteiger partial charge in [0, 0.05) is 22.4 Å². The van der Waals surface area contributed by atoms with Crippen molar-refractivity contribution in [2.24, 2.45) is 0 Å². The Morgan fingerprint density at radius 1 is 1.25 bits per heavy atom. The molecule has 2 aromatic carbocycles. The SMILES string of the molecule is CN1C(=O)C(O)c2ccc(Sc3ccccc3F)cc21. The smallest absolute Gasteiger partial charge is 0.260 e. The van der Waals surface area contributed by atoms with Crippen molar-refractivity contribution in [3.63, 3.8) is 0 Å². The van der Waals surface area contributed by atoms with E-state index in [1.54, 1.807) is 43.4 Å². The summed E-state index contributed by atoms with van der Waals surface area (Å²) in [6.07, 6.45) is -1.09. The van der Waals surface area contributed by atoms with Crippen molar-refractivity contribution < 1.29 is 14.3 Å². The highest BCUT2D eigenvalue weighted by molar-refractivity contribution is 7.99. The first-order chi connectivity index (χ1) is 9.58. The van der Waals surface area contributed by atoms with E-state index < -0.39 is 6.10 Å². The van der Waals surface area contributed by atoms with Gasteiger partial charge in [0.15, 0.2) is 6.10 Å². The zero-order valence-corrected chi connectivity index (χ0v) is 11.5. The first-order valence-corrected chi connectivity index (χ1v) is 6.91. The van der Waals surface area contributed by atoms with Crippen LogP contribution in [0.15, 0.2) is 52.3 Å². The molecule has 20 heavy (non-hydrogen) atoms. The van der Waals surface area contributed by atoms with Crippen molar-refractivity contribution >= 4 is 23.4 Å². The summed E-state index contributed by atoms with van der Waals surface area (Å²) >= 11 is 1.29. The van der Waals surface area contributed by atoms with Crippen LogP contribution in [-0.2, 0) is 4.79 Å². The molecule has 0 aromatic heterocycles. The van der Waals surface area contributed by atoms with Gasteiger partial charge in [-0.3, -0.25) is 4.79 Å². The monoisotopic (exact) mass is 289 g/mol. The molecule has 0 radical (unpaired) electrons. The predicted octanol–water partition coefficient (Wildman–Crippen LogP) is 2.99. The van der Waals surface area contributed by atoms with Gasteiger partial charge in [-0.05, 0) is 24.3 Å². The van der Waals surface area contributed by atoms with E-state index in [0.717, 1.165) is 4.90 Å². The summed E-state index contributed by atoms with van der Waals surface area (Å²) in [7, 11) is 1.62. The second-order valence-electron chi connectivity index (χ2n) is 4.55. The van der Waals surface area contributed by atoms with Crippen molar-refractivity contribution in [3.05, 3.63) is 53.8 Å². The van der Waals surface area contributed by atoms with Crippen LogP contribution in [0.4, 0.5) is 10.1 Å². The Morgan fingerprint density at radius 3 is 2.75 bits per heavy atom. The lowest BCUT2D eigenvalue weighted by atomic mass is 10.1. The number of nitrogens with zero attached hydrogens (tertiary/aromatic N) is 1. The number of aliphatic hydroxyl groups excluding tert-OH is 1. The molecule has 0 aliphatic carbocycles. The van der Waals surface area contributed by atoms with Gasteiger partial charge < -0.3 is 10.0 Å². The van der Waals surface area contributed by atoms with Crippen molar-refractivity contribution in [1.29, 1.82) is 0 Å². The van der Waals surface area contributed by atoms with Gasteiger partial charge in [-0.2, -0.15) is 0 Å². The number of halogens is 1. The third-order valence-electron chi connectivity index (χ3n) is 3.29. The van der Waals surface area contributed by atoms with E-state index >= 15 is 0 Å². The molecule has 1 unspecified atom stereocenters. The highest BCUT2D eigenvalue weighted by Crippen LogP contribution is 2.39. The van der Waals surface area contributed by atoms with E-state index in [1.165, 1.54) is 22.7 Å². The topological polar surface area (TPSA) is 40.5 Å². The molecule has 0 bridgehead atoms. The molecule has 1 heterocycles. The summed E-state index contributed by atoms with van der Waals surface area (Å²) < 4.78 is 13.6. The molecule has 2 aromatic rings. The van der Waals surface area contributed by atoms with Gasteiger partial charge in [-0.1, -0.05) is 30.0 Å². The van der Waals surface area contributed by atoms with E-state index in [2.05, 4.69) is 0 Å². The molecule has 1 amide bonds. The molecular formula is C15H12FNO2S. The fourth-order valence-electron chi connectivity index (χ4n) is 2.20. The molecule has 1 aliphatic heterocycles. The number of anilines is 1. The Labute approximate surface area is 120 Å². The Hall–Kier alpha value is -1.85. The molecule has 0 saturated heterocycles. The van der Waals surface area contributed by atoms with Crippen LogP contribution < -0.4 is 4.90 Å². The molecule has 0 fully saturated rings. The number of rotatable bonds is 2. The number of hydrogen-bond acceptors (Lipinski definition) is 3. The van der Waals surface area contributed by atoms with Crippen molar-refractivity contribution in [2.75, 3.05) is 11.9 Å². The predicted molar refractivity (Wildman–Crippen MR) is 75.3 cm³/mol. The van der Waals surface area contributed by atoms with Crippen LogP contribution in [-0.4, -0.2) is 18.1 Å². The van der Waals surface area contributed by atoms with Crippen molar-refractivity contribution in [1.82, 2.24) is 0 Å². The van der Waals surface area contributed by atoms with Crippen LogP contribution in [0.3, 0.4) is 0 Å². The summed E-state index contributed by atoms with van der Waals surface area (Å²) in [6.45, 7) is 0. The number of fused-ring (bicyclic) bond motifs is 1. The fraction of sp³-hybridized carbons (Fsp3) is 0.133. The maximum atomic E-state index is 13.6. The Balaban J connectivity index is 1.95. The molecule has 0 spiro atoms. The van der Waals surface area contributed by atoms with Gasteiger partial charge in [0.25, 0.3) is 5.91 Å². The number of amides is 1. The van der Waals surface area contributed by atoms with Crippen molar-refractivity contribution in [2.45, 2.75) is 15.9 Å². The van der Waals surface area contributed by atoms with Gasteiger partial charge >= 0.3 is 0 Å². The molecule has 1 atom stereocenters. The molecule has 5 heteroatoms. The van der Waals surface area contributed by atoms with Gasteiger partial charge in [0.1, 0.15) is 5.82 Å². The normalized spacial score (nSPS) is 17.4. The Bertz CT molecular complexity index is 689. The number of hydrogen-bond donors (Lipinski definition) is 1. The molecule has 102 valence electrons. The summed E-state index contributed by atoms with van der Waals surface area (Å²) in [5.41, 5.74) is 1.26. The number of carbonyl (C=O) groups excluding carboxylic acids is 1. The number of benzene rings is 2. The van der Waals surface area contributed by atoms with E-state index in [-0.39, 0.29) is 11.7 Å². The summed E-state index contributed by atoms with van der Waals surface area (Å²) in [5, 5.41) is 9.79. The molecule has 1 aliphatic rings. The summed E-state index contributed by atoms with van der Waals surface area (Å²) in [5.74, 6) is -0.615. The average Bonchev–Trinajstić information content (AvgIpc) is 2.66. The maximum absolute atomic E-state index is 13.6. The largest absolute Gasteiger partial charge is 0.378 e. The van der Waals surface area contributed by atoms with Gasteiger partial charge in [0.2, 0.25) is 0 Å². The lowest BCUT2D eigenvalue weighted by Crippen LogP contribution is -2.23. The minimum Gasteiger partial charge on any atom is -0.378 e. The van der Waals surface area contributed by atoms with Crippen molar-refractivity contribution in [3.8, 4) is 0 Å². The van der Waals surface area contributed by atoms with Crippen LogP contribution in [0.2, 0.25) is 0 Å². The molecule has 3 nitrogen and oxygen atoms in total. The maximum Gasteiger partial charge on any atom is 0.260 e. The number of likely N-dealkylation sites (N-methyl/N-ethyl adjacent to an activating group) is 1. The van der Waals surface area contributed by atoms with E-state index in [4.69, 9.17) is 0 Å². The second-order valence-corrected chi connectivity index (χ2v) is 5.67. The highest BCUT2D eigenvalue weighted by Gasteiger charge is 2.33. The highest BCUT2D eigenvalue weighted by atomic mass is 32.2. The number of aliphatic hydroxyl groups is 1. The Kier molecular flexibility index (Phi) is 3.23. The van der Waals surface area contributed by atoms with Gasteiger partial charge in [-0.15, -0.1) is 0 Å². The molecule has 3 rings (SSSR count). The third-order valence-corrected chi connectivity index (χ3v) is 4.33. The van der Waals surface area contributed by atoms with E-state index in [1.807, 2.05) is 0 Å². The van der Waals surface area contributed by atoms with E-state index in [0.29, 0.717) is 16.1 Å². The lowest BCUT2D eigenvalue weighted by Gasteiger charge is -2.11. The average molecular weight is 289 g/mol. The van der Waals surface area contributed by atoms with Crippen LogP contribution in [0.1, 0.15) is 11.7 Å². The number of carbonyl (C=O) groups is 1.